The number of rotatable bonds is 3. The molecule has 0 unspecified atom stereocenters. The van der Waals surface area contributed by atoms with E-state index < -0.39 is 5.97 Å². The number of benzene rings is 1. The molecule has 0 fully saturated rings. The number of carbonyl (C=O) groups excluding carboxylic acids is 1. The van der Waals surface area contributed by atoms with E-state index in [2.05, 4.69) is 6.58 Å². The first-order valence-electron chi connectivity index (χ1n) is 4.30. The molecule has 0 radical (unpaired) electrons. The number of aromatic hydroxyl groups is 1. The lowest BCUT2D eigenvalue weighted by Crippen LogP contribution is -2.05. The summed E-state index contributed by atoms with van der Waals surface area (Å²) < 4.78 is 4.78. The summed E-state index contributed by atoms with van der Waals surface area (Å²) in [5.41, 5.74) is 0.825. The van der Waals surface area contributed by atoms with Gasteiger partial charge in [0.25, 0.3) is 0 Å². The van der Waals surface area contributed by atoms with Crippen LogP contribution in [0.15, 0.2) is 30.8 Å². The van der Waals surface area contributed by atoms with Crippen molar-refractivity contribution in [1.82, 2.24) is 0 Å². The molecular weight excluding hydrogens is 180 g/mol. The SMILES string of the molecule is C=C(C(=O)OCC)c1cccc(O)c1. The molecule has 0 aliphatic carbocycles. The Morgan fingerprint density at radius 1 is 1.57 bits per heavy atom. The van der Waals surface area contributed by atoms with Crippen LogP contribution in [0, 0.1) is 0 Å². The van der Waals surface area contributed by atoms with Gasteiger partial charge in [-0.1, -0.05) is 18.7 Å². The van der Waals surface area contributed by atoms with Crippen LogP contribution in [0.2, 0.25) is 0 Å². The fourth-order valence-electron chi connectivity index (χ4n) is 1.03. The lowest BCUT2D eigenvalue weighted by Gasteiger charge is -2.05. The lowest BCUT2D eigenvalue weighted by molar-refractivity contribution is -0.136. The van der Waals surface area contributed by atoms with Crippen molar-refractivity contribution < 1.29 is 14.6 Å². The van der Waals surface area contributed by atoms with Gasteiger partial charge in [-0.05, 0) is 24.6 Å². The van der Waals surface area contributed by atoms with Gasteiger partial charge in [-0.15, -0.1) is 0 Å². The maximum Gasteiger partial charge on any atom is 0.338 e. The molecule has 14 heavy (non-hydrogen) atoms. The highest BCUT2D eigenvalue weighted by Gasteiger charge is 2.10. The third-order valence-corrected chi connectivity index (χ3v) is 1.72. The average Bonchev–Trinajstić information content (AvgIpc) is 2.17. The molecule has 0 atom stereocenters. The molecule has 3 heteroatoms. The number of hydrogen-bond donors (Lipinski definition) is 1. The van der Waals surface area contributed by atoms with E-state index in [0.717, 1.165) is 0 Å². The lowest BCUT2D eigenvalue weighted by atomic mass is 10.1. The minimum Gasteiger partial charge on any atom is -0.508 e. The predicted molar refractivity (Wildman–Crippen MR) is 53.8 cm³/mol. The fourth-order valence-corrected chi connectivity index (χ4v) is 1.03. The number of hydrogen-bond acceptors (Lipinski definition) is 3. The zero-order valence-electron chi connectivity index (χ0n) is 7.99. The molecule has 1 N–H and O–H groups in total. The Labute approximate surface area is 82.6 Å². The van der Waals surface area contributed by atoms with Crippen LogP contribution in [0.4, 0.5) is 0 Å². The highest BCUT2D eigenvalue weighted by atomic mass is 16.5. The van der Waals surface area contributed by atoms with Gasteiger partial charge >= 0.3 is 5.97 Å². The van der Waals surface area contributed by atoms with Crippen molar-refractivity contribution in [2.75, 3.05) is 6.61 Å². The normalized spacial score (nSPS) is 9.50. The number of esters is 1. The van der Waals surface area contributed by atoms with Crippen LogP contribution in [0.1, 0.15) is 12.5 Å². The Kier molecular flexibility index (Phi) is 3.29. The van der Waals surface area contributed by atoms with Crippen LogP contribution in [0.25, 0.3) is 5.57 Å². The second-order valence-electron chi connectivity index (χ2n) is 2.75. The third kappa shape index (κ3) is 2.36. The van der Waals surface area contributed by atoms with Crippen molar-refractivity contribution >= 4 is 11.5 Å². The third-order valence-electron chi connectivity index (χ3n) is 1.72. The predicted octanol–water partition coefficient (Wildman–Crippen LogP) is 1.97. The van der Waals surface area contributed by atoms with Gasteiger partial charge in [0.15, 0.2) is 0 Å². The highest BCUT2D eigenvalue weighted by Crippen LogP contribution is 2.18. The van der Waals surface area contributed by atoms with Crippen LogP contribution in [-0.4, -0.2) is 17.7 Å². The summed E-state index contributed by atoms with van der Waals surface area (Å²) in [6.45, 7) is 5.64. The fraction of sp³-hybridized carbons (Fsp3) is 0.182. The molecule has 0 bridgehead atoms. The van der Waals surface area contributed by atoms with Crippen molar-refractivity contribution in [3.05, 3.63) is 36.4 Å². The monoisotopic (exact) mass is 192 g/mol. The van der Waals surface area contributed by atoms with E-state index in [9.17, 15) is 9.90 Å². The van der Waals surface area contributed by atoms with Crippen molar-refractivity contribution in [2.24, 2.45) is 0 Å². The smallest absolute Gasteiger partial charge is 0.338 e. The minimum absolute atomic E-state index is 0.105. The number of phenolic OH excluding ortho intramolecular Hbond substituents is 1. The molecule has 74 valence electrons. The van der Waals surface area contributed by atoms with E-state index in [1.807, 2.05) is 0 Å². The van der Waals surface area contributed by atoms with E-state index in [0.29, 0.717) is 12.2 Å². The van der Waals surface area contributed by atoms with Crippen molar-refractivity contribution in [2.45, 2.75) is 6.92 Å². The Bertz CT molecular complexity index is 355. The first-order chi connectivity index (χ1) is 6.65. The largest absolute Gasteiger partial charge is 0.508 e. The summed E-state index contributed by atoms with van der Waals surface area (Å²) >= 11 is 0. The summed E-state index contributed by atoms with van der Waals surface area (Å²) in [4.78, 5) is 11.3. The standard InChI is InChI=1S/C11H12O3/c1-3-14-11(13)8(2)9-5-4-6-10(12)7-9/h4-7,12H,2-3H2,1H3. The van der Waals surface area contributed by atoms with Gasteiger partial charge < -0.3 is 9.84 Å². The van der Waals surface area contributed by atoms with E-state index in [1.165, 1.54) is 12.1 Å². The zero-order chi connectivity index (χ0) is 10.6. The number of phenols is 1. The molecule has 0 saturated carbocycles. The Morgan fingerprint density at radius 2 is 2.29 bits per heavy atom. The second kappa shape index (κ2) is 4.46. The maximum atomic E-state index is 11.3. The summed E-state index contributed by atoms with van der Waals surface area (Å²) in [5.74, 6) is -0.356. The second-order valence-corrected chi connectivity index (χ2v) is 2.75. The summed E-state index contributed by atoms with van der Waals surface area (Å²) in [6.07, 6.45) is 0. The molecule has 0 spiro atoms. The van der Waals surface area contributed by atoms with Crippen LogP contribution < -0.4 is 0 Å². The van der Waals surface area contributed by atoms with E-state index in [-0.39, 0.29) is 11.3 Å². The minimum atomic E-state index is -0.460. The molecule has 1 rings (SSSR count). The molecule has 0 heterocycles. The highest BCUT2D eigenvalue weighted by molar-refractivity contribution is 6.15. The van der Waals surface area contributed by atoms with Crippen molar-refractivity contribution in [3.63, 3.8) is 0 Å². The van der Waals surface area contributed by atoms with Crippen molar-refractivity contribution in [3.8, 4) is 5.75 Å². The maximum absolute atomic E-state index is 11.3. The van der Waals surface area contributed by atoms with Gasteiger partial charge in [-0.25, -0.2) is 4.79 Å². The van der Waals surface area contributed by atoms with E-state index in [1.54, 1.807) is 19.1 Å². The van der Waals surface area contributed by atoms with E-state index in [4.69, 9.17) is 4.74 Å². The van der Waals surface area contributed by atoms with Gasteiger partial charge in [0.2, 0.25) is 0 Å². The Hall–Kier alpha value is -1.77. The molecule has 3 nitrogen and oxygen atoms in total. The Balaban J connectivity index is 2.84. The van der Waals surface area contributed by atoms with Crippen LogP contribution in [0.5, 0.6) is 5.75 Å². The molecule has 0 aliphatic rings. The molecule has 0 aliphatic heterocycles. The summed E-state index contributed by atoms with van der Waals surface area (Å²) in [6, 6.07) is 6.34. The van der Waals surface area contributed by atoms with Crippen LogP contribution in [-0.2, 0) is 9.53 Å². The molecule has 0 aromatic heterocycles. The van der Waals surface area contributed by atoms with Crippen LogP contribution in [0.3, 0.4) is 0 Å². The topological polar surface area (TPSA) is 46.5 Å². The van der Waals surface area contributed by atoms with Gasteiger partial charge in [-0.3, -0.25) is 0 Å². The first kappa shape index (κ1) is 10.3. The zero-order valence-corrected chi connectivity index (χ0v) is 7.99. The number of ether oxygens (including phenoxy) is 1. The van der Waals surface area contributed by atoms with Gasteiger partial charge in [-0.2, -0.15) is 0 Å². The molecule has 0 saturated heterocycles. The summed E-state index contributed by atoms with van der Waals surface area (Å²) in [5, 5.41) is 9.18. The quantitative estimate of drug-likeness (QED) is 0.588. The first-order valence-corrected chi connectivity index (χ1v) is 4.30. The molecule has 1 aromatic carbocycles. The van der Waals surface area contributed by atoms with Crippen LogP contribution >= 0.6 is 0 Å². The molecule has 1 aromatic rings. The molecular formula is C11H12O3. The van der Waals surface area contributed by atoms with Gasteiger partial charge in [0, 0.05) is 0 Å². The molecule has 0 amide bonds. The average molecular weight is 192 g/mol. The van der Waals surface area contributed by atoms with Gasteiger partial charge in [0.1, 0.15) is 5.75 Å². The summed E-state index contributed by atoms with van der Waals surface area (Å²) in [7, 11) is 0. The van der Waals surface area contributed by atoms with Crippen molar-refractivity contribution in [1.29, 1.82) is 0 Å². The van der Waals surface area contributed by atoms with Gasteiger partial charge in [0.05, 0.1) is 12.2 Å². The van der Waals surface area contributed by atoms with E-state index >= 15 is 0 Å². The number of carbonyl (C=O) groups is 1. The Morgan fingerprint density at radius 3 is 2.86 bits per heavy atom.